The normalized spacial score (nSPS) is 11.6. The number of ether oxygens (including phenoxy) is 3. The molecule has 0 aliphatic heterocycles. The standard InChI is InChI=1S/C35H31N3O5/c1-24-14-20-31(42-3)30(22-24)36-35(40)34(26-10-6-4-7-11-26)43-32(39)21-17-27-23-38(28-12-8-5-9-13-28)37-33(27)25-15-18-29(41-2)19-16-25/h4-23,34H,1-3H3,(H,36,40)/b21-17+/t34-/m1/s1. The highest BCUT2D eigenvalue weighted by molar-refractivity contribution is 5.98. The molecule has 1 atom stereocenters. The number of nitrogens with zero attached hydrogens (tertiary/aromatic N) is 2. The number of esters is 1. The SMILES string of the molecule is COc1ccc(-c2nn(-c3ccccc3)cc2/C=C/C(=O)O[C@@H](C(=O)Nc2cc(C)ccc2OC)c2ccccc2)cc1. The molecule has 43 heavy (non-hydrogen) atoms. The van der Waals surface area contributed by atoms with E-state index in [1.807, 2.05) is 79.9 Å². The highest BCUT2D eigenvalue weighted by Crippen LogP contribution is 2.29. The second kappa shape index (κ2) is 13.4. The van der Waals surface area contributed by atoms with Crippen LogP contribution in [0.2, 0.25) is 0 Å². The van der Waals surface area contributed by atoms with Crippen molar-refractivity contribution in [3.63, 3.8) is 0 Å². The second-order valence-electron chi connectivity index (χ2n) is 9.70. The Balaban J connectivity index is 1.42. The van der Waals surface area contributed by atoms with Crippen LogP contribution in [0.25, 0.3) is 23.0 Å². The monoisotopic (exact) mass is 573 g/mol. The third-order valence-corrected chi connectivity index (χ3v) is 6.71. The van der Waals surface area contributed by atoms with Crippen molar-refractivity contribution in [3.8, 4) is 28.4 Å². The zero-order valence-electron chi connectivity index (χ0n) is 24.1. The first-order chi connectivity index (χ1) is 20.9. The van der Waals surface area contributed by atoms with Crippen molar-refractivity contribution in [1.29, 1.82) is 0 Å². The number of aryl methyl sites for hydroxylation is 1. The molecule has 8 heteroatoms. The minimum Gasteiger partial charge on any atom is -0.497 e. The van der Waals surface area contributed by atoms with Crippen LogP contribution in [0.5, 0.6) is 11.5 Å². The number of benzene rings is 4. The van der Waals surface area contributed by atoms with E-state index >= 15 is 0 Å². The molecule has 5 aromatic rings. The predicted octanol–water partition coefficient (Wildman–Crippen LogP) is 6.80. The fraction of sp³-hybridized carbons (Fsp3) is 0.114. The quantitative estimate of drug-likeness (QED) is 0.146. The van der Waals surface area contributed by atoms with Gasteiger partial charge in [0.1, 0.15) is 11.5 Å². The van der Waals surface area contributed by atoms with E-state index in [0.717, 1.165) is 22.6 Å². The number of methoxy groups -OCH3 is 2. The maximum atomic E-state index is 13.5. The van der Waals surface area contributed by atoms with Gasteiger partial charge in [0.15, 0.2) is 0 Å². The summed E-state index contributed by atoms with van der Waals surface area (Å²) in [6.45, 7) is 1.91. The molecule has 0 aliphatic carbocycles. The Kier molecular flexibility index (Phi) is 8.97. The van der Waals surface area contributed by atoms with E-state index in [9.17, 15) is 9.59 Å². The van der Waals surface area contributed by atoms with E-state index in [2.05, 4.69) is 5.32 Å². The van der Waals surface area contributed by atoms with Crippen LogP contribution in [-0.4, -0.2) is 35.9 Å². The Hall–Kier alpha value is -5.63. The molecule has 8 nitrogen and oxygen atoms in total. The molecule has 1 amide bonds. The second-order valence-corrected chi connectivity index (χ2v) is 9.70. The lowest BCUT2D eigenvalue weighted by Crippen LogP contribution is -2.25. The maximum Gasteiger partial charge on any atom is 0.331 e. The summed E-state index contributed by atoms with van der Waals surface area (Å²) in [7, 11) is 3.14. The van der Waals surface area contributed by atoms with Gasteiger partial charge in [0, 0.05) is 29.0 Å². The molecule has 0 spiro atoms. The van der Waals surface area contributed by atoms with E-state index in [-0.39, 0.29) is 0 Å². The minimum atomic E-state index is -1.20. The van der Waals surface area contributed by atoms with Crippen molar-refractivity contribution in [2.45, 2.75) is 13.0 Å². The first kappa shape index (κ1) is 28.9. The number of hydrogen-bond donors (Lipinski definition) is 1. The molecule has 1 N–H and O–H groups in total. The summed E-state index contributed by atoms with van der Waals surface area (Å²) in [5, 5.41) is 7.64. The first-order valence-electron chi connectivity index (χ1n) is 13.6. The Bertz CT molecular complexity index is 1730. The summed E-state index contributed by atoms with van der Waals surface area (Å²) in [6, 6.07) is 31.5. The van der Waals surface area contributed by atoms with E-state index in [1.165, 1.54) is 13.2 Å². The van der Waals surface area contributed by atoms with Crippen molar-refractivity contribution in [1.82, 2.24) is 9.78 Å². The number of aromatic nitrogens is 2. The van der Waals surface area contributed by atoms with E-state index < -0.39 is 18.0 Å². The van der Waals surface area contributed by atoms with Gasteiger partial charge in [0.05, 0.1) is 31.3 Å². The fourth-order valence-electron chi connectivity index (χ4n) is 4.53. The van der Waals surface area contributed by atoms with Gasteiger partial charge in [-0.2, -0.15) is 5.10 Å². The molecule has 0 aliphatic rings. The minimum absolute atomic E-state index is 0.484. The van der Waals surface area contributed by atoms with Crippen LogP contribution < -0.4 is 14.8 Å². The Labute approximate surface area is 250 Å². The number of amides is 1. The van der Waals surface area contributed by atoms with Gasteiger partial charge in [0.25, 0.3) is 5.91 Å². The Morgan fingerprint density at radius 1 is 0.860 bits per heavy atom. The number of nitrogens with one attached hydrogen (secondary N) is 1. The predicted molar refractivity (Wildman–Crippen MR) is 166 cm³/mol. The molecule has 0 unspecified atom stereocenters. The summed E-state index contributed by atoms with van der Waals surface area (Å²) in [5.41, 5.74) is 5.03. The molecule has 0 radical (unpaired) electrons. The number of para-hydroxylation sites is 1. The van der Waals surface area contributed by atoms with Gasteiger partial charge in [-0.25, -0.2) is 9.48 Å². The van der Waals surface area contributed by atoms with Crippen LogP contribution in [-0.2, 0) is 14.3 Å². The van der Waals surface area contributed by atoms with Gasteiger partial charge in [-0.15, -0.1) is 0 Å². The number of rotatable bonds is 10. The van der Waals surface area contributed by atoms with Gasteiger partial charge < -0.3 is 19.5 Å². The fourth-order valence-corrected chi connectivity index (χ4v) is 4.53. The molecule has 216 valence electrons. The lowest BCUT2D eigenvalue weighted by molar-refractivity contribution is -0.149. The number of anilines is 1. The number of carbonyl (C=O) groups excluding carboxylic acids is 2. The first-order valence-corrected chi connectivity index (χ1v) is 13.6. The van der Waals surface area contributed by atoms with Crippen molar-refractivity contribution >= 4 is 23.6 Å². The summed E-state index contributed by atoms with van der Waals surface area (Å²) in [6.07, 6.45) is 3.58. The van der Waals surface area contributed by atoms with Gasteiger partial charge in [-0.3, -0.25) is 4.79 Å². The van der Waals surface area contributed by atoms with Crippen molar-refractivity contribution in [2.24, 2.45) is 0 Å². The van der Waals surface area contributed by atoms with Crippen molar-refractivity contribution < 1.29 is 23.8 Å². The average Bonchev–Trinajstić information content (AvgIpc) is 3.48. The molecule has 1 aromatic heterocycles. The Morgan fingerprint density at radius 2 is 1.56 bits per heavy atom. The van der Waals surface area contributed by atoms with Crippen LogP contribution >= 0.6 is 0 Å². The summed E-state index contributed by atoms with van der Waals surface area (Å²) >= 11 is 0. The van der Waals surface area contributed by atoms with Crippen LogP contribution in [0.4, 0.5) is 5.69 Å². The van der Waals surface area contributed by atoms with Crippen molar-refractivity contribution in [3.05, 3.63) is 132 Å². The molecule has 0 fully saturated rings. The van der Waals surface area contributed by atoms with Crippen LogP contribution in [0.15, 0.2) is 115 Å². The zero-order valence-corrected chi connectivity index (χ0v) is 24.1. The van der Waals surface area contributed by atoms with Gasteiger partial charge in [-0.05, 0) is 67.1 Å². The molecular formula is C35H31N3O5. The van der Waals surface area contributed by atoms with E-state index in [4.69, 9.17) is 19.3 Å². The van der Waals surface area contributed by atoms with Crippen LogP contribution in [0.3, 0.4) is 0 Å². The molecule has 4 aromatic carbocycles. The van der Waals surface area contributed by atoms with E-state index in [0.29, 0.717) is 28.3 Å². The zero-order chi connectivity index (χ0) is 30.2. The molecule has 0 bridgehead atoms. The van der Waals surface area contributed by atoms with Crippen LogP contribution in [0, 0.1) is 6.92 Å². The smallest absolute Gasteiger partial charge is 0.331 e. The van der Waals surface area contributed by atoms with Crippen LogP contribution in [0.1, 0.15) is 22.8 Å². The van der Waals surface area contributed by atoms with Crippen molar-refractivity contribution in [2.75, 3.05) is 19.5 Å². The molecule has 0 saturated heterocycles. The van der Waals surface area contributed by atoms with Gasteiger partial charge >= 0.3 is 5.97 Å². The topological polar surface area (TPSA) is 91.7 Å². The number of carbonyl (C=O) groups is 2. The highest BCUT2D eigenvalue weighted by Gasteiger charge is 2.25. The maximum absolute atomic E-state index is 13.5. The third kappa shape index (κ3) is 7.00. The largest absolute Gasteiger partial charge is 0.497 e. The Morgan fingerprint density at radius 3 is 2.23 bits per heavy atom. The molecule has 0 saturated carbocycles. The summed E-state index contributed by atoms with van der Waals surface area (Å²) in [4.78, 5) is 26.6. The third-order valence-electron chi connectivity index (χ3n) is 6.71. The molecule has 1 heterocycles. The molecule has 5 rings (SSSR count). The average molecular weight is 574 g/mol. The van der Waals surface area contributed by atoms with E-state index in [1.54, 1.807) is 54.3 Å². The highest BCUT2D eigenvalue weighted by atomic mass is 16.5. The number of hydrogen-bond acceptors (Lipinski definition) is 6. The molecular weight excluding hydrogens is 542 g/mol. The van der Waals surface area contributed by atoms with Gasteiger partial charge in [0.2, 0.25) is 6.10 Å². The lowest BCUT2D eigenvalue weighted by Gasteiger charge is -2.18. The summed E-state index contributed by atoms with van der Waals surface area (Å²) < 4.78 is 18.2. The summed E-state index contributed by atoms with van der Waals surface area (Å²) in [5.74, 6) is 0.0277. The lowest BCUT2D eigenvalue weighted by atomic mass is 10.1. The van der Waals surface area contributed by atoms with Gasteiger partial charge in [-0.1, -0.05) is 54.6 Å².